The average molecular weight is 246 g/mol. The van der Waals surface area contributed by atoms with Crippen molar-refractivity contribution in [2.75, 3.05) is 0 Å². The Morgan fingerprint density at radius 3 is 2.61 bits per heavy atom. The third-order valence-electron chi connectivity index (χ3n) is 2.75. The minimum absolute atomic E-state index is 0.346. The molecular formula is C13H14N2O3. The topological polar surface area (TPSA) is 90.2 Å². The summed E-state index contributed by atoms with van der Waals surface area (Å²) in [5.41, 5.74) is 0.736. The first kappa shape index (κ1) is 13.7. The van der Waals surface area contributed by atoms with Crippen molar-refractivity contribution in [3.63, 3.8) is 0 Å². The standard InChI is InChI=1S/C13H14N2O3/c1-8(13(17)18)9(2)15-12(16)11-5-3-4-10(6-11)7-14/h3-6,8-9H,1-2H3,(H,15,16)(H,17,18). The molecule has 1 amide bonds. The third kappa shape index (κ3) is 3.32. The fourth-order valence-electron chi connectivity index (χ4n) is 1.36. The lowest BCUT2D eigenvalue weighted by molar-refractivity contribution is -0.141. The summed E-state index contributed by atoms with van der Waals surface area (Å²) in [4.78, 5) is 22.6. The van der Waals surface area contributed by atoms with Crippen LogP contribution in [-0.2, 0) is 4.79 Å². The highest BCUT2D eigenvalue weighted by Gasteiger charge is 2.21. The molecule has 0 aliphatic carbocycles. The van der Waals surface area contributed by atoms with Crippen LogP contribution in [0.15, 0.2) is 24.3 Å². The van der Waals surface area contributed by atoms with Crippen molar-refractivity contribution in [1.82, 2.24) is 5.32 Å². The molecule has 0 aliphatic heterocycles. The number of nitriles is 1. The van der Waals surface area contributed by atoms with Gasteiger partial charge in [0.15, 0.2) is 0 Å². The van der Waals surface area contributed by atoms with Gasteiger partial charge in [-0.25, -0.2) is 0 Å². The Morgan fingerprint density at radius 2 is 2.06 bits per heavy atom. The van der Waals surface area contributed by atoms with Crippen molar-refractivity contribution in [2.45, 2.75) is 19.9 Å². The molecule has 0 saturated carbocycles. The van der Waals surface area contributed by atoms with Crippen LogP contribution in [0.4, 0.5) is 0 Å². The first-order valence-corrected chi connectivity index (χ1v) is 5.49. The number of hydrogen-bond donors (Lipinski definition) is 2. The van der Waals surface area contributed by atoms with E-state index in [0.717, 1.165) is 0 Å². The number of benzene rings is 1. The second-order valence-electron chi connectivity index (χ2n) is 4.08. The van der Waals surface area contributed by atoms with Gasteiger partial charge in [-0.1, -0.05) is 6.07 Å². The Labute approximate surface area is 105 Å². The maximum Gasteiger partial charge on any atom is 0.308 e. The quantitative estimate of drug-likeness (QED) is 0.840. The van der Waals surface area contributed by atoms with Gasteiger partial charge in [0.25, 0.3) is 5.91 Å². The number of amides is 1. The molecule has 0 aromatic heterocycles. The molecule has 1 aromatic carbocycles. The number of carboxylic acids is 1. The van der Waals surface area contributed by atoms with Gasteiger partial charge in [0.2, 0.25) is 0 Å². The highest BCUT2D eigenvalue weighted by Crippen LogP contribution is 2.07. The lowest BCUT2D eigenvalue weighted by Crippen LogP contribution is -2.40. The average Bonchev–Trinajstić information content (AvgIpc) is 2.37. The maximum atomic E-state index is 11.8. The molecule has 0 bridgehead atoms. The molecule has 5 heteroatoms. The van der Waals surface area contributed by atoms with E-state index in [1.54, 1.807) is 25.1 Å². The fraction of sp³-hybridized carbons (Fsp3) is 0.308. The smallest absolute Gasteiger partial charge is 0.308 e. The summed E-state index contributed by atoms with van der Waals surface area (Å²) in [6.07, 6.45) is 0. The van der Waals surface area contributed by atoms with Gasteiger partial charge < -0.3 is 10.4 Å². The predicted molar refractivity (Wildman–Crippen MR) is 64.9 cm³/mol. The molecule has 1 rings (SSSR count). The molecule has 0 saturated heterocycles. The van der Waals surface area contributed by atoms with Crippen LogP contribution in [0, 0.1) is 17.2 Å². The van der Waals surface area contributed by atoms with Gasteiger partial charge in [0.05, 0.1) is 17.6 Å². The molecule has 18 heavy (non-hydrogen) atoms. The van der Waals surface area contributed by atoms with E-state index >= 15 is 0 Å². The molecule has 0 fully saturated rings. The van der Waals surface area contributed by atoms with Gasteiger partial charge in [0, 0.05) is 11.6 Å². The summed E-state index contributed by atoms with van der Waals surface area (Å²) in [6.45, 7) is 3.16. The van der Waals surface area contributed by atoms with E-state index in [9.17, 15) is 9.59 Å². The van der Waals surface area contributed by atoms with Gasteiger partial charge >= 0.3 is 5.97 Å². The molecule has 2 N–H and O–H groups in total. The molecule has 1 aromatic rings. The van der Waals surface area contributed by atoms with Gasteiger partial charge in [-0.15, -0.1) is 0 Å². The van der Waals surface area contributed by atoms with Crippen LogP contribution in [0.3, 0.4) is 0 Å². The summed E-state index contributed by atoms with van der Waals surface area (Å²) in [5.74, 6) is -2.02. The first-order chi connectivity index (χ1) is 8.45. The minimum atomic E-state index is -0.964. The van der Waals surface area contributed by atoms with E-state index in [4.69, 9.17) is 10.4 Å². The molecule has 0 radical (unpaired) electrons. The van der Waals surface area contributed by atoms with Gasteiger partial charge in [-0.3, -0.25) is 9.59 Å². The second kappa shape index (κ2) is 5.82. The van der Waals surface area contributed by atoms with Crippen LogP contribution in [0.25, 0.3) is 0 Å². The zero-order valence-electron chi connectivity index (χ0n) is 10.2. The lowest BCUT2D eigenvalue weighted by atomic mass is 10.0. The van der Waals surface area contributed by atoms with Crippen LogP contribution in [-0.4, -0.2) is 23.0 Å². The molecule has 2 unspecified atom stereocenters. The second-order valence-corrected chi connectivity index (χ2v) is 4.08. The van der Waals surface area contributed by atoms with E-state index in [1.165, 1.54) is 13.0 Å². The molecule has 0 spiro atoms. The summed E-state index contributed by atoms with van der Waals surface area (Å²) in [5, 5.41) is 20.2. The number of hydrogen-bond acceptors (Lipinski definition) is 3. The minimum Gasteiger partial charge on any atom is -0.481 e. The number of carbonyl (C=O) groups is 2. The van der Waals surface area contributed by atoms with Crippen LogP contribution < -0.4 is 5.32 Å². The number of carboxylic acid groups (broad SMARTS) is 1. The first-order valence-electron chi connectivity index (χ1n) is 5.49. The van der Waals surface area contributed by atoms with Crippen molar-refractivity contribution in [3.8, 4) is 6.07 Å². The monoisotopic (exact) mass is 246 g/mol. The van der Waals surface area contributed by atoms with Crippen molar-refractivity contribution >= 4 is 11.9 Å². The Kier molecular flexibility index (Phi) is 4.44. The van der Waals surface area contributed by atoms with Crippen molar-refractivity contribution < 1.29 is 14.7 Å². The number of nitrogens with zero attached hydrogens (tertiary/aromatic N) is 1. The van der Waals surface area contributed by atoms with Crippen molar-refractivity contribution in [2.24, 2.45) is 5.92 Å². The van der Waals surface area contributed by atoms with E-state index in [1.807, 2.05) is 6.07 Å². The highest BCUT2D eigenvalue weighted by molar-refractivity contribution is 5.95. The van der Waals surface area contributed by atoms with E-state index in [0.29, 0.717) is 11.1 Å². The SMILES string of the molecule is CC(NC(=O)c1cccc(C#N)c1)C(C)C(=O)O. The largest absolute Gasteiger partial charge is 0.481 e. The Balaban J connectivity index is 2.77. The van der Waals surface area contributed by atoms with E-state index in [-0.39, 0.29) is 5.91 Å². The zero-order valence-corrected chi connectivity index (χ0v) is 10.2. The molecule has 5 nitrogen and oxygen atoms in total. The Hall–Kier alpha value is -2.35. The summed E-state index contributed by atoms with van der Waals surface area (Å²) < 4.78 is 0. The normalized spacial score (nSPS) is 13.2. The summed E-state index contributed by atoms with van der Waals surface area (Å²) in [6, 6.07) is 7.71. The van der Waals surface area contributed by atoms with Crippen molar-refractivity contribution in [3.05, 3.63) is 35.4 Å². The Morgan fingerprint density at radius 1 is 1.39 bits per heavy atom. The molecular weight excluding hydrogens is 232 g/mol. The van der Waals surface area contributed by atoms with Crippen LogP contribution >= 0.6 is 0 Å². The Bertz CT molecular complexity index is 505. The van der Waals surface area contributed by atoms with Gasteiger partial charge in [0.1, 0.15) is 0 Å². The fourth-order valence-corrected chi connectivity index (χ4v) is 1.36. The number of carbonyl (C=O) groups excluding carboxylic acids is 1. The number of rotatable bonds is 4. The summed E-state index contributed by atoms with van der Waals surface area (Å²) >= 11 is 0. The highest BCUT2D eigenvalue weighted by atomic mass is 16.4. The predicted octanol–water partition coefficient (Wildman–Crippen LogP) is 1.40. The van der Waals surface area contributed by atoms with Gasteiger partial charge in [-0.2, -0.15) is 5.26 Å². The zero-order chi connectivity index (χ0) is 13.7. The molecule has 0 heterocycles. The lowest BCUT2D eigenvalue weighted by Gasteiger charge is -2.17. The summed E-state index contributed by atoms with van der Waals surface area (Å²) in [7, 11) is 0. The maximum absolute atomic E-state index is 11.8. The van der Waals surface area contributed by atoms with Crippen LogP contribution in [0.2, 0.25) is 0 Å². The van der Waals surface area contributed by atoms with Crippen LogP contribution in [0.1, 0.15) is 29.8 Å². The van der Waals surface area contributed by atoms with Gasteiger partial charge in [-0.05, 0) is 32.0 Å². The molecule has 2 atom stereocenters. The number of aliphatic carboxylic acids is 1. The molecule has 94 valence electrons. The molecule has 0 aliphatic rings. The number of nitrogens with one attached hydrogen (secondary N) is 1. The third-order valence-corrected chi connectivity index (χ3v) is 2.75. The van der Waals surface area contributed by atoms with Crippen molar-refractivity contribution in [1.29, 1.82) is 5.26 Å². The van der Waals surface area contributed by atoms with Crippen LogP contribution in [0.5, 0.6) is 0 Å². The van der Waals surface area contributed by atoms with E-state index < -0.39 is 17.9 Å². The van der Waals surface area contributed by atoms with E-state index in [2.05, 4.69) is 5.32 Å².